The quantitative estimate of drug-likeness (QED) is 0.837. The molecule has 2 aromatic carbocycles. The lowest BCUT2D eigenvalue weighted by molar-refractivity contribution is 0.220. The standard InChI is InChI=1S/C13H10FIO/c14-11-5-1-9(2-6-11)13(16)10-3-7-12(15)8-4-10/h1-8,13,16H. The fourth-order valence-electron chi connectivity index (χ4n) is 1.48. The summed E-state index contributed by atoms with van der Waals surface area (Å²) in [5.41, 5.74) is 1.51. The molecule has 82 valence electrons. The summed E-state index contributed by atoms with van der Waals surface area (Å²) >= 11 is 2.21. The van der Waals surface area contributed by atoms with Gasteiger partial charge in [-0.1, -0.05) is 24.3 Å². The Labute approximate surface area is 107 Å². The van der Waals surface area contributed by atoms with E-state index in [9.17, 15) is 9.50 Å². The van der Waals surface area contributed by atoms with E-state index >= 15 is 0 Å². The molecule has 0 fully saturated rings. The van der Waals surface area contributed by atoms with Crippen molar-refractivity contribution in [3.63, 3.8) is 0 Å². The Bertz CT molecular complexity index is 419. The zero-order valence-corrected chi connectivity index (χ0v) is 10.6. The van der Waals surface area contributed by atoms with Crippen molar-refractivity contribution in [2.75, 3.05) is 0 Å². The number of halogens is 2. The highest BCUT2D eigenvalue weighted by atomic mass is 127. The van der Waals surface area contributed by atoms with Crippen LogP contribution in [0.3, 0.4) is 0 Å². The smallest absolute Gasteiger partial charge is 0.123 e. The average Bonchev–Trinajstić information content (AvgIpc) is 2.30. The van der Waals surface area contributed by atoms with Crippen LogP contribution in [0.25, 0.3) is 0 Å². The Morgan fingerprint density at radius 3 is 1.81 bits per heavy atom. The molecule has 1 unspecified atom stereocenters. The van der Waals surface area contributed by atoms with Crippen LogP contribution >= 0.6 is 22.6 Å². The fourth-order valence-corrected chi connectivity index (χ4v) is 1.84. The summed E-state index contributed by atoms with van der Waals surface area (Å²) in [7, 11) is 0. The highest BCUT2D eigenvalue weighted by Gasteiger charge is 2.09. The van der Waals surface area contributed by atoms with Crippen LogP contribution in [0.5, 0.6) is 0 Å². The third-order valence-corrected chi connectivity index (χ3v) is 3.09. The van der Waals surface area contributed by atoms with E-state index in [0.717, 1.165) is 9.13 Å². The summed E-state index contributed by atoms with van der Waals surface area (Å²) in [5.74, 6) is -0.293. The molecular formula is C13H10FIO. The lowest BCUT2D eigenvalue weighted by Gasteiger charge is -2.11. The van der Waals surface area contributed by atoms with Crippen molar-refractivity contribution >= 4 is 22.6 Å². The summed E-state index contributed by atoms with van der Waals surface area (Å²) in [4.78, 5) is 0. The first-order valence-corrected chi connectivity index (χ1v) is 5.93. The maximum absolute atomic E-state index is 12.7. The Kier molecular flexibility index (Phi) is 3.56. The normalized spacial score (nSPS) is 12.4. The maximum atomic E-state index is 12.7. The molecule has 0 aliphatic carbocycles. The van der Waals surface area contributed by atoms with Crippen LogP contribution in [0.1, 0.15) is 17.2 Å². The molecule has 0 spiro atoms. The van der Waals surface area contributed by atoms with Crippen LogP contribution < -0.4 is 0 Å². The third-order valence-electron chi connectivity index (χ3n) is 2.37. The predicted octanol–water partition coefficient (Wildman–Crippen LogP) is 3.51. The molecule has 0 aliphatic rings. The Morgan fingerprint density at radius 2 is 1.31 bits per heavy atom. The van der Waals surface area contributed by atoms with Crippen molar-refractivity contribution in [2.45, 2.75) is 6.10 Å². The van der Waals surface area contributed by atoms with E-state index in [1.54, 1.807) is 12.1 Å². The van der Waals surface area contributed by atoms with Crippen molar-refractivity contribution < 1.29 is 9.50 Å². The van der Waals surface area contributed by atoms with Crippen LogP contribution in [0.2, 0.25) is 0 Å². The van der Waals surface area contributed by atoms with E-state index in [1.807, 2.05) is 24.3 Å². The van der Waals surface area contributed by atoms with Crippen molar-refractivity contribution in [2.24, 2.45) is 0 Å². The van der Waals surface area contributed by atoms with Gasteiger partial charge in [0.05, 0.1) is 0 Å². The second-order valence-electron chi connectivity index (χ2n) is 3.51. The highest BCUT2D eigenvalue weighted by molar-refractivity contribution is 14.1. The van der Waals surface area contributed by atoms with Gasteiger partial charge in [-0.15, -0.1) is 0 Å². The van der Waals surface area contributed by atoms with Crippen molar-refractivity contribution in [3.8, 4) is 0 Å². The van der Waals surface area contributed by atoms with Gasteiger partial charge in [0.1, 0.15) is 11.9 Å². The molecule has 0 aromatic heterocycles. The third kappa shape index (κ3) is 2.59. The first-order chi connectivity index (χ1) is 7.66. The summed E-state index contributed by atoms with van der Waals surface area (Å²) in [6.07, 6.45) is -0.697. The van der Waals surface area contributed by atoms with Gasteiger partial charge in [-0.3, -0.25) is 0 Å². The van der Waals surface area contributed by atoms with Crippen LogP contribution in [-0.2, 0) is 0 Å². The molecule has 0 bridgehead atoms. The summed E-state index contributed by atoms with van der Waals surface area (Å²) in [6.45, 7) is 0. The van der Waals surface area contributed by atoms with Gasteiger partial charge in [0.25, 0.3) is 0 Å². The van der Waals surface area contributed by atoms with E-state index in [4.69, 9.17) is 0 Å². The highest BCUT2D eigenvalue weighted by Crippen LogP contribution is 2.22. The van der Waals surface area contributed by atoms with E-state index in [0.29, 0.717) is 5.56 Å². The van der Waals surface area contributed by atoms with E-state index < -0.39 is 6.10 Å². The number of aliphatic hydroxyl groups excluding tert-OH is 1. The molecular weight excluding hydrogens is 318 g/mol. The number of hydrogen-bond acceptors (Lipinski definition) is 1. The molecule has 1 nitrogen and oxygen atoms in total. The molecule has 2 rings (SSSR count). The van der Waals surface area contributed by atoms with Gasteiger partial charge >= 0.3 is 0 Å². The van der Waals surface area contributed by atoms with Crippen LogP contribution in [0, 0.1) is 9.39 Å². The van der Waals surface area contributed by atoms with Crippen molar-refractivity contribution in [1.29, 1.82) is 0 Å². The van der Waals surface area contributed by atoms with E-state index in [1.165, 1.54) is 12.1 Å². The molecule has 3 heteroatoms. The largest absolute Gasteiger partial charge is 0.384 e. The predicted molar refractivity (Wildman–Crippen MR) is 69.6 cm³/mol. The molecule has 1 atom stereocenters. The maximum Gasteiger partial charge on any atom is 0.123 e. The Morgan fingerprint density at radius 1 is 0.875 bits per heavy atom. The number of rotatable bonds is 2. The van der Waals surface area contributed by atoms with Gasteiger partial charge < -0.3 is 5.11 Å². The van der Waals surface area contributed by atoms with Crippen molar-refractivity contribution in [1.82, 2.24) is 0 Å². The Balaban J connectivity index is 2.28. The zero-order chi connectivity index (χ0) is 11.5. The first kappa shape index (κ1) is 11.5. The number of aliphatic hydroxyl groups is 1. The molecule has 2 aromatic rings. The lowest BCUT2D eigenvalue weighted by atomic mass is 10.0. The molecule has 0 heterocycles. The van der Waals surface area contributed by atoms with Gasteiger partial charge in [0.15, 0.2) is 0 Å². The second kappa shape index (κ2) is 4.93. The average molecular weight is 328 g/mol. The summed E-state index contributed by atoms with van der Waals surface area (Å²) < 4.78 is 13.8. The lowest BCUT2D eigenvalue weighted by Crippen LogP contribution is -1.99. The zero-order valence-electron chi connectivity index (χ0n) is 8.40. The fraction of sp³-hybridized carbons (Fsp3) is 0.0769. The number of benzene rings is 2. The van der Waals surface area contributed by atoms with E-state index in [2.05, 4.69) is 22.6 Å². The minimum atomic E-state index is -0.697. The molecule has 16 heavy (non-hydrogen) atoms. The van der Waals surface area contributed by atoms with Gasteiger partial charge in [-0.25, -0.2) is 4.39 Å². The topological polar surface area (TPSA) is 20.2 Å². The molecule has 1 N–H and O–H groups in total. The number of hydrogen-bond donors (Lipinski definition) is 1. The molecule has 0 amide bonds. The first-order valence-electron chi connectivity index (χ1n) is 4.86. The van der Waals surface area contributed by atoms with Crippen molar-refractivity contribution in [3.05, 3.63) is 69.0 Å². The molecule has 0 saturated carbocycles. The Hall–Kier alpha value is -0.940. The van der Waals surface area contributed by atoms with E-state index in [-0.39, 0.29) is 5.82 Å². The minimum Gasteiger partial charge on any atom is -0.384 e. The minimum absolute atomic E-state index is 0.293. The van der Waals surface area contributed by atoms with Crippen LogP contribution in [0.15, 0.2) is 48.5 Å². The van der Waals surface area contributed by atoms with Gasteiger partial charge in [0.2, 0.25) is 0 Å². The summed E-state index contributed by atoms with van der Waals surface area (Å²) in [5, 5.41) is 10.0. The summed E-state index contributed by atoms with van der Waals surface area (Å²) in [6, 6.07) is 13.5. The molecule has 0 aliphatic heterocycles. The van der Waals surface area contributed by atoms with Gasteiger partial charge in [-0.2, -0.15) is 0 Å². The molecule has 0 radical (unpaired) electrons. The molecule has 0 saturated heterocycles. The van der Waals surface area contributed by atoms with Crippen LogP contribution in [-0.4, -0.2) is 5.11 Å². The van der Waals surface area contributed by atoms with Gasteiger partial charge in [-0.05, 0) is 58.0 Å². The van der Waals surface area contributed by atoms with Crippen LogP contribution in [0.4, 0.5) is 4.39 Å². The van der Waals surface area contributed by atoms with Gasteiger partial charge in [0, 0.05) is 3.57 Å². The second-order valence-corrected chi connectivity index (χ2v) is 4.75. The SMILES string of the molecule is OC(c1ccc(F)cc1)c1ccc(I)cc1. The monoisotopic (exact) mass is 328 g/mol.